The zero-order valence-corrected chi connectivity index (χ0v) is 16.4. The van der Waals surface area contributed by atoms with Crippen LogP contribution in [0.1, 0.15) is 29.2 Å². The smallest absolute Gasteiger partial charge is 0.238 e. The second-order valence-corrected chi connectivity index (χ2v) is 7.44. The van der Waals surface area contributed by atoms with Crippen molar-refractivity contribution in [2.45, 2.75) is 45.8 Å². The minimum absolute atomic E-state index is 0.00757. The summed E-state index contributed by atoms with van der Waals surface area (Å²) in [6, 6.07) is 12.7. The summed E-state index contributed by atoms with van der Waals surface area (Å²) in [5.74, 6) is 1.75. The molecule has 1 aliphatic rings. The molecule has 1 unspecified atom stereocenters. The molecule has 0 fully saturated rings. The van der Waals surface area contributed by atoms with Crippen molar-refractivity contribution in [1.29, 1.82) is 0 Å². The van der Waals surface area contributed by atoms with Gasteiger partial charge >= 0.3 is 0 Å². The summed E-state index contributed by atoms with van der Waals surface area (Å²) in [6.45, 7) is 5.27. The Bertz CT molecular complexity index is 997. The van der Waals surface area contributed by atoms with E-state index in [1.165, 1.54) is 16.3 Å². The van der Waals surface area contributed by atoms with E-state index >= 15 is 0 Å². The van der Waals surface area contributed by atoms with E-state index in [9.17, 15) is 4.79 Å². The van der Waals surface area contributed by atoms with E-state index in [-0.39, 0.29) is 17.8 Å². The number of halogens is 1. The maximum atomic E-state index is 12.7. The zero-order chi connectivity index (χ0) is 19.0. The molecule has 1 aliphatic heterocycles. The Hall–Kier alpha value is -2.40. The fourth-order valence-corrected chi connectivity index (χ4v) is 4.15. The molecule has 1 amide bonds. The Morgan fingerprint density at radius 3 is 2.89 bits per heavy atom. The molecule has 0 aliphatic carbocycles. The summed E-state index contributed by atoms with van der Waals surface area (Å²) in [5.41, 5.74) is 2.38. The number of hydrogen-bond donors (Lipinski definition) is 0. The second kappa shape index (κ2) is 7.31. The molecule has 4 rings (SSSR count). The first-order chi connectivity index (χ1) is 13.1. The maximum Gasteiger partial charge on any atom is 0.238 e. The molecule has 5 nitrogen and oxygen atoms in total. The number of fused-ring (bicyclic) bond motifs is 2. The molecule has 6 heteroatoms. The van der Waals surface area contributed by atoms with Crippen molar-refractivity contribution >= 4 is 28.3 Å². The van der Waals surface area contributed by atoms with Crippen molar-refractivity contribution < 1.29 is 4.79 Å². The van der Waals surface area contributed by atoms with Gasteiger partial charge in [-0.25, -0.2) is 9.67 Å². The number of aryl methyl sites for hydroxylation is 3. The lowest BCUT2D eigenvalue weighted by atomic mass is 9.98. The van der Waals surface area contributed by atoms with E-state index in [2.05, 4.69) is 47.3 Å². The average molecular weight is 383 g/mol. The largest absolute Gasteiger partial charge is 0.332 e. The molecular weight excluding hydrogens is 360 g/mol. The Labute approximate surface area is 164 Å². The van der Waals surface area contributed by atoms with Gasteiger partial charge in [0.1, 0.15) is 17.5 Å². The van der Waals surface area contributed by atoms with Crippen LogP contribution in [0.15, 0.2) is 36.4 Å². The molecule has 0 bridgehead atoms. The van der Waals surface area contributed by atoms with Crippen molar-refractivity contribution in [1.82, 2.24) is 19.7 Å². The maximum absolute atomic E-state index is 12.7. The van der Waals surface area contributed by atoms with Gasteiger partial charge in [0, 0.05) is 13.0 Å². The first kappa shape index (κ1) is 18.0. The van der Waals surface area contributed by atoms with Gasteiger partial charge in [-0.1, -0.05) is 36.4 Å². The van der Waals surface area contributed by atoms with Gasteiger partial charge in [0.05, 0.1) is 12.6 Å². The Morgan fingerprint density at radius 1 is 1.26 bits per heavy atom. The molecule has 2 heterocycles. The van der Waals surface area contributed by atoms with Gasteiger partial charge in [-0.15, -0.1) is 11.6 Å². The van der Waals surface area contributed by atoms with E-state index in [0.717, 1.165) is 30.1 Å². The molecule has 2 aromatic carbocycles. The molecule has 0 N–H and O–H groups in total. The molecule has 3 aromatic rings. The number of benzene rings is 2. The van der Waals surface area contributed by atoms with Gasteiger partial charge in [-0.05, 0) is 42.2 Å². The molecule has 1 aromatic heterocycles. The summed E-state index contributed by atoms with van der Waals surface area (Å²) in [6.07, 6.45) is 1.71. The van der Waals surface area contributed by atoms with Gasteiger partial charge in [-0.3, -0.25) is 4.79 Å². The van der Waals surface area contributed by atoms with Crippen LogP contribution >= 0.6 is 11.6 Å². The molecule has 27 heavy (non-hydrogen) atoms. The topological polar surface area (TPSA) is 51.0 Å². The Morgan fingerprint density at radius 2 is 2.07 bits per heavy atom. The minimum atomic E-state index is -0.0329. The van der Waals surface area contributed by atoms with Crippen LogP contribution in [0.5, 0.6) is 0 Å². The van der Waals surface area contributed by atoms with Crippen LogP contribution in [-0.2, 0) is 24.3 Å². The van der Waals surface area contributed by atoms with Crippen LogP contribution in [0.25, 0.3) is 10.8 Å². The molecule has 140 valence electrons. The third-order valence-corrected chi connectivity index (χ3v) is 5.69. The molecular formula is C21H23ClN4O. The normalized spacial score (nSPS) is 16.3. The summed E-state index contributed by atoms with van der Waals surface area (Å²) < 4.78 is 1.94. The number of rotatable bonds is 4. The van der Waals surface area contributed by atoms with Crippen LogP contribution in [0.4, 0.5) is 0 Å². The first-order valence-electron chi connectivity index (χ1n) is 9.30. The zero-order valence-electron chi connectivity index (χ0n) is 15.7. The fourth-order valence-electron chi connectivity index (χ4n) is 4.00. The first-order valence-corrected chi connectivity index (χ1v) is 9.83. The molecule has 1 atom stereocenters. The van der Waals surface area contributed by atoms with Crippen molar-refractivity contribution in [3.63, 3.8) is 0 Å². The molecule has 0 spiro atoms. The van der Waals surface area contributed by atoms with Gasteiger partial charge < -0.3 is 4.90 Å². The van der Waals surface area contributed by atoms with E-state index < -0.39 is 0 Å². The fraction of sp³-hybridized carbons (Fsp3) is 0.381. The van der Waals surface area contributed by atoms with Crippen LogP contribution in [0.2, 0.25) is 0 Å². The van der Waals surface area contributed by atoms with Gasteiger partial charge in [0.2, 0.25) is 5.91 Å². The highest BCUT2D eigenvalue weighted by atomic mass is 35.5. The highest BCUT2D eigenvalue weighted by Gasteiger charge is 2.29. The molecule has 0 radical (unpaired) electrons. The van der Waals surface area contributed by atoms with E-state index in [0.29, 0.717) is 13.1 Å². The highest BCUT2D eigenvalue weighted by Crippen LogP contribution is 2.25. The lowest BCUT2D eigenvalue weighted by Gasteiger charge is -2.34. The summed E-state index contributed by atoms with van der Waals surface area (Å²) in [4.78, 5) is 19.0. The van der Waals surface area contributed by atoms with Crippen molar-refractivity contribution in [3.05, 3.63) is 59.2 Å². The quantitative estimate of drug-likeness (QED) is 0.647. The van der Waals surface area contributed by atoms with Crippen LogP contribution in [-0.4, -0.2) is 37.5 Å². The highest BCUT2D eigenvalue weighted by molar-refractivity contribution is 6.27. The number of nitrogens with zero attached hydrogens (tertiary/aromatic N) is 4. The molecule has 0 saturated carbocycles. The number of amides is 1. The predicted octanol–water partition coefficient (Wildman–Crippen LogP) is 3.63. The van der Waals surface area contributed by atoms with Crippen molar-refractivity contribution in [3.8, 4) is 0 Å². The molecule has 0 saturated heterocycles. The van der Waals surface area contributed by atoms with Crippen LogP contribution < -0.4 is 0 Å². The van der Waals surface area contributed by atoms with Crippen molar-refractivity contribution in [2.24, 2.45) is 0 Å². The van der Waals surface area contributed by atoms with Gasteiger partial charge in [0.15, 0.2) is 0 Å². The lowest BCUT2D eigenvalue weighted by Crippen LogP contribution is -2.45. The minimum Gasteiger partial charge on any atom is -0.332 e. The summed E-state index contributed by atoms with van der Waals surface area (Å²) in [5, 5.41) is 6.91. The number of hydrogen-bond acceptors (Lipinski definition) is 3. The van der Waals surface area contributed by atoms with Gasteiger partial charge in [-0.2, -0.15) is 5.10 Å². The Kier molecular flexibility index (Phi) is 4.87. The van der Waals surface area contributed by atoms with Gasteiger partial charge in [0.25, 0.3) is 0 Å². The Balaban J connectivity index is 1.64. The second-order valence-electron chi connectivity index (χ2n) is 7.18. The average Bonchev–Trinajstić information content (AvgIpc) is 3.06. The summed E-state index contributed by atoms with van der Waals surface area (Å²) >= 11 is 5.95. The van der Waals surface area contributed by atoms with E-state index in [1.807, 2.05) is 22.6 Å². The lowest BCUT2D eigenvalue weighted by molar-refractivity contribution is -0.132. The summed E-state index contributed by atoms with van der Waals surface area (Å²) in [7, 11) is 0. The number of alkyl halides is 1. The third kappa shape index (κ3) is 3.44. The van der Waals surface area contributed by atoms with E-state index in [1.54, 1.807) is 0 Å². The third-order valence-electron chi connectivity index (χ3n) is 5.47. The van der Waals surface area contributed by atoms with E-state index in [4.69, 9.17) is 11.6 Å². The van der Waals surface area contributed by atoms with Crippen LogP contribution in [0, 0.1) is 13.8 Å². The van der Waals surface area contributed by atoms with Crippen molar-refractivity contribution in [2.75, 3.05) is 5.88 Å². The number of carbonyl (C=O) groups is 1. The number of carbonyl (C=O) groups excluding carboxylic acids is 1. The number of aromatic nitrogens is 3. The SMILES string of the molecule is Cc1nc2n(n1)CC(N(Cc1ccc3ccccc3c1C)C(=O)CCl)CC2. The van der Waals surface area contributed by atoms with Crippen LogP contribution in [0.3, 0.4) is 0 Å². The predicted molar refractivity (Wildman–Crippen MR) is 107 cm³/mol. The standard InChI is InChI=1S/C21H23ClN4O/c1-14-17(8-7-16-5-3-4-6-19(14)16)12-25(21(27)11-22)18-9-10-20-23-15(2)24-26(20)13-18/h3-8,18H,9-13H2,1-2H3. The monoisotopic (exact) mass is 382 g/mol.